The maximum atomic E-state index is 10.8. The van der Waals surface area contributed by atoms with Crippen molar-refractivity contribution in [1.82, 2.24) is 0 Å². The van der Waals surface area contributed by atoms with Crippen molar-refractivity contribution in [2.45, 2.75) is 0 Å². The van der Waals surface area contributed by atoms with Gasteiger partial charge in [0.25, 0.3) is 0 Å². The number of hydrogen-bond acceptors (Lipinski definition) is 2. The van der Waals surface area contributed by atoms with E-state index in [-0.39, 0.29) is 0 Å². The Morgan fingerprint density at radius 3 is 2.55 bits per heavy atom. The van der Waals surface area contributed by atoms with Crippen molar-refractivity contribution < 1.29 is 9.59 Å². The molecule has 0 heterocycles. The average Bonchev–Trinajstić information content (AvgIpc) is 2.04. The van der Waals surface area contributed by atoms with Crippen LogP contribution in [0.25, 0.3) is 0 Å². The highest BCUT2D eigenvalue weighted by molar-refractivity contribution is 6.33. The lowest BCUT2D eigenvalue weighted by molar-refractivity contribution is -0.104. The van der Waals surface area contributed by atoms with Crippen LogP contribution in [0.5, 0.6) is 0 Å². The fraction of sp³-hybridized carbons (Fsp3) is 0. The van der Waals surface area contributed by atoms with E-state index in [0.717, 1.165) is 0 Å². The van der Waals surface area contributed by atoms with E-state index in [1.165, 1.54) is 0 Å². The molecule has 0 saturated carbocycles. The van der Waals surface area contributed by atoms with Gasteiger partial charge in [0.05, 0.1) is 0 Å². The van der Waals surface area contributed by atoms with Gasteiger partial charge in [0.2, 0.25) is 5.78 Å². The van der Waals surface area contributed by atoms with Crippen LogP contribution in [0, 0.1) is 6.92 Å². The lowest BCUT2D eigenvalue weighted by Gasteiger charge is -1.96. The standard InChI is InChI=1S/C9H7O2/c1-7-4-2-3-5-8(7)9(11)6-10/h2-6H,1H2. The van der Waals surface area contributed by atoms with Crippen LogP contribution in [0.3, 0.4) is 0 Å². The van der Waals surface area contributed by atoms with Crippen molar-refractivity contribution in [3.8, 4) is 0 Å². The Bertz CT molecular complexity index is 289. The Kier molecular flexibility index (Phi) is 2.16. The summed E-state index contributed by atoms with van der Waals surface area (Å²) in [6, 6.07) is 6.74. The number of aldehydes is 1. The smallest absolute Gasteiger partial charge is 0.225 e. The number of ketones is 1. The highest BCUT2D eigenvalue weighted by Crippen LogP contribution is 2.05. The average molecular weight is 147 g/mol. The molecule has 0 aromatic heterocycles. The minimum atomic E-state index is -0.518. The Labute approximate surface area is 64.8 Å². The summed E-state index contributed by atoms with van der Waals surface area (Å²) in [7, 11) is 0. The van der Waals surface area contributed by atoms with Gasteiger partial charge in [-0.05, 0) is 12.5 Å². The quantitative estimate of drug-likeness (QED) is 0.358. The summed E-state index contributed by atoms with van der Waals surface area (Å²) in [5.41, 5.74) is 0.965. The van der Waals surface area contributed by atoms with Gasteiger partial charge in [-0.25, -0.2) is 0 Å². The lowest BCUT2D eigenvalue weighted by atomic mass is 10.1. The molecule has 0 saturated heterocycles. The molecule has 0 aliphatic carbocycles. The maximum Gasteiger partial charge on any atom is 0.225 e. The van der Waals surface area contributed by atoms with Crippen molar-refractivity contribution >= 4 is 12.1 Å². The van der Waals surface area contributed by atoms with Gasteiger partial charge in [0.15, 0.2) is 6.29 Å². The van der Waals surface area contributed by atoms with E-state index in [2.05, 4.69) is 6.92 Å². The topological polar surface area (TPSA) is 34.1 Å². The predicted molar refractivity (Wildman–Crippen MR) is 41.3 cm³/mol. The van der Waals surface area contributed by atoms with Crippen LogP contribution >= 0.6 is 0 Å². The van der Waals surface area contributed by atoms with Gasteiger partial charge < -0.3 is 0 Å². The van der Waals surface area contributed by atoms with Gasteiger partial charge in [-0.2, -0.15) is 0 Å². The zero-order chi connectivity index (χ0) is 8.27. The number of hydrogen-bond donors (Lipinski definition) is 0. The van der Waals surface area contributed by atoms with Crippen molar-refractivity contribution in [3.05, 3.63) is 42.3 Å². The van der Waals surface area contributed by atoms with Crippen LogP contribution in [0.4, 0.5) is 0 Å². The van der Waals surface area contributed by atoms with Gasteiger partial charge in [0, 0.05) is 5.56 Å². The number of carbonyl (C=O) groups excluding carboxylic acids is 2. The second-order valence-corrected chi connectivity index (χ2v) is 2.14. The molecule has 11 heavy (non-hydrogen) atoms. The van der Waals surface area contributed by atoms with E-state index in [1.54, 1.807) is 24.3 Å². The third-order valence-corrected chi connectivity index (χ3v) is 1.39. The van der Waals surface area contributed by atoms with Gasteiger partial charge in [-0.3, -0.25) is 9.59 Å². The molecule has 1 aromatic carbocycles. The zero-order valence-electron chi connectivity index (χ0n) is 5.91. The second-order valence-electron chi connectivity index (χ2n) is 2.14. The fourth-order valence-electron chi connectivity index (χ4n) is 0.824. The number of Topliss-reactive ketones (excluding diaryl/α,β-unsaturated/α-hetero) is 1. The maximum absolute atomic E-state index is 10.8. The predicted octanol–water partition coefficient (Wildman–Crippen LogP) is 1.25. The van der Waals surface area contributed by atoms with Gasteiger partial charge in [-0.15, -0.1) is 0 Å². The molecule has 0 N–H and O–H groups in total. The summed E-state index contributed by atoms with van der Waals surface area (Å²) < 4.78 is 0. The monoisotopic (exact) mass is 147 g/mol. The first-order valence-corrected chi connectivity index (χ1v) is 3.16. The first kappa shape index (κ1) is 7.66. The molecular formula is C9H7O2. The summed E-state index contributed by atoms with van der Waals surface area (Å²) in [6.07, 6.45) is 0.296. The van der Waals surface area contributed by atoms with E-state index in [9.17, 15) is 9.59 Å². The number of carbonyl (C=O) groups is 2. The molecule has 0 spiro atoms. The summed E-state index contributed by atoms with van der Waals surface area (Å²) in [4.78, 5) is 20.9. The minimum Gasteiger partial charge on any atom is -0.294 e. The third-order valence-electron chi connectivity index (χ3n) is 1.39. The Balaban J connectivity index is 3.13. The van der Waals surface area contributed by atoms with Crippen molar-refractivity contribution in [2.75, 3.05) is 0 Å². The summed E-state index contributed by atoms with van der Waals surface area (Å²) in [5, 5.41) is 0. The molecule has 0 amide bonds. The second kappa shape index (κ2) is 3.10. The molecule has 0 unspecified atom stereocenters. The summed E-state index contributed by atoms with van der Waals surface area (Å²) in [6.45, 7) is 3.61. The summed E-state index contributed by atoms with van der Waals surface area (Å²) in [5.74, 6) is -0.518. The van der Waals surface area contributed by atoms with E-state index < -0.39 is 5.78 Å². The molecule has 0 atom stereocenters. The molecule has 2 nitrogen and oxygen atoms in total. The molecule has 1 radical (unpaired) electrons. The Morgan fingerprint density at radius 1 is 1.36 bits per heavy atom. The molecule has 55 valence electrons. The molecule has 1 rings (SSSR count). The molecular weight excluding hydrogens is 140 g/mol. The Hall–Kier alpha value is -1.44. The van der Waals surface area contributed by atoms with Crippen molar-refractivity contribution in [2.24, 2.45) is 0 Å². The van der Waals surface area contributed by atoms with Gasteiger partial charge in [0.1, 0.15) is 0 Å². The molecule has 2 heteroatoms. The molecule has 0 aliphatic heterocycles. The fourth-order valence-corrected chi connectivity index (χ4v) is 0.824. The number of rotatable bonds is 2. The van der Waals surface area contributed by atoms with Crippen LogP contribution in [0.2, 0.25) is 0 Å². The van der Waals surface area contributed by atoms with E-state index in [4.69, 9.17) is 0 Å². The third kappa shape index (κ3) is 1.52. The van der Waals surface area contributed by atoms with E-state index >= 15 is 0 Å². The first-order valence-electron chi connectivity index (χ1n) is 3.16. The Morgan fingerprint density at radius 2 is 2.00 bits per heavy atom. The van der Waals surface area contributed by atoms with Crippen molar-refractivity contribution in [3.63, 3.8) is 0 Å². The minimum absolute atomic E-state index is 0.296. The highest BCUT2D eigenvalue weighted by Gasteiger charge is 2.04. The SMILES string of the molecule is [CH2]c1ccccc1C(=O)C=O. The van der Waals surface area contributed by atoms with Crippen molar-refractivity contribution in [1.29, 1.82) is 0 Å². The van der Waals surface area contributed by atoms with Crippen LogP contribution in [-0.4, -0.2) is 12.1 Å². The first-order chi connectivity index (χ1) is 5.25. The largest absolute Gasteiger partial charge is 0.294 e. The van der Waals surface area contributed by atoms with E-state index in [0.29, 0.717) is 17.4 Å². The summed E-state index contributed by atoms with van der Waals surface area (Å²) >= 11 is 0. The van der Waals surface area contributed by atoms with Crippen LogP contribution in [-0.2, 0) is 4.79 Å². The van der Waals surface area contributed by atoms with E-state index in [1.807, 2.05) is 0 Å². The zero-order valence-corrected chi connectivity index (χ0v) is 5.91. The van der Waals surface area contributed by atoms with Crippen LogP contribution in [0.1, 0.15) is 15.9 Å². The highest BCUT2D eigenvalue weighted by atomic mass is 16.2. The van der Waals surface area contributed by atoms with Crippen LogP contribution in [0.15, 0.2) is 24.3 Å². The van der Waals surface area contributed by atoms with Crippen LogP contribution < -0.4 is 0 Å². The number of benzene rings is 1. The molecule has 0 aliphatic rings. The normalized spacial score (nSPS) is 9.18. The molecule has 0 bridgehead atoms. The van der Waals surface area contributed by atoms with Gasteiger partial charge in [-0.1, -0.05) is 24.3 Å². The molecule has 0 fully saturated rings. The lowest BCUT2D eigenvalue weighted by Crippen LogP contribution is -2.01. The molecule has 1 aromatic rings. The van der Waals surface area contributed by atoms with Gasteiger partial charge >= 0.3 is 0 Å².